The van der Waals surface area contributed by atoms with Crippen molar-refractivity contribution in [2.75, 3.05) is 25.1 Å². The fraction of sp³-hybridized carbons (Fsp3) is 0.449. The van der Waals surface area contributed by atoms with Crippen LogP contribution in [0.25, 0.3) is 32.6 Å². The van der Waals surface area contributed by atoms with E-state index in [1.807, 2.05) is 39.8 Å². The van der Waals surface area contributed by atoms with Crippen molar-refractivity contribution in [3.05, 3.63) is 95.2 Å². The Kier molecular flexibility index (Phi) is 13.0. The normalized spacial score (nSPS) is 20.6. The summed E-state index contributed by atoms with van der Waals surface area (Å²) in [6.07, 6.45) is -0.203. The van der Waals surface area contributed by atoms with E-state index in [0.717, 1.165) is 76.0 Å². The van der Waals surface area contributed by atoms with Crippen molar-refractivity contribution in [1.29, 1.82) is 0 Å². The number of anilines is 1. The summed E-state index contributed by atoms with van der Waals surface area (Å²) in [7, 11) is 1.27. The highest BCUT2D eigenvalue weighted by molar-refractivity contribution is 7.18. The molecule has 0 unspecified atom stereocenters. The zero-order valence-electron chi connectivity index (χ0n) is 38.8. The van der Waals surface area contributed by atoms with Crippen LogP contribution in [0.15, 0.2) is 66.9 Å². The summed E-state index contributed by atoms with van der Waals surface area (Å²) in [5.74, 6) is 0.381. The van der Waals surface area contributed by atoms with Crippen molar-refractivity contribution in [3.63, 3.8) is 0 Å². The summed E-state index contributed by atoms with van der Waals surface area (Å²) in [6.45, 7) is 8.38. The zero-order chi connectivity index (χ0) is 48.9. The number of rotatable bonds is 12. The van der Waals surface area contributed by atoms with Gasteiger partial charge in [-0.15, -0.1) is 0 Å². The van der Waals surface area contributed by atoms with Gasteiger partial charge in [-0.05, 0) is 97.9 Å². The quantitative estimate of drug-likeness (QED) is 0.0786. The van der Waals surface area contributed by atoms with Gasteiger partial charge in [0.15, 0.2) is 0 Å². The third-order valence-electron chi connectivity index (χ3n) is 13.7. The van der Waals surface area contributed by atoms with Crippen LogP contribution < -0.4 is 15.5 Å². The average Bonchev–Trinajstić information content (AvgIpc) is 4.18. The molecule has 3 aliphatic heterocycles. The molecule has 0 aliphatic carbocycles. The van der Waals surface area contributed by atoms with Crippen molar-refractivity contribution < 1.29 is 42.2 Å². The first-order chi connectivity index (χ1) is 33.0. The fourth-order valence-corrected chi connectivity index (χ4v) is 11.3. The molecule has 69 heavy (non-hydrogen) atoms. The minimum atomic E-state index is -4.46. The number of carbonyl (C=O) groups excluding carboxylic acids is 3. The summed E-state index contributed by atoms with van der Waals surface area (Å²) in [6, 6.07) is 14.6. The number of amides is 4. The number of nitrogens with zero attached hydrogens (tertiary/aromatic N) is 6. The molecule has 0 bridgehead atoms. The SMILES string of the molecule is COC(=O)N[C@H](C(=O)N1CCC[C@H]1c1nc2cc([C@H]3CC[C@H](c4ccc5nc([C@@H]6CCCN6C(=O)[C@@H](NC(=O)O)C(C)C)[nH]c5c4)N3c3cnc(-c4ccc(C(F)(F)F)cc4)s3)ccc2[nH]1)C(C)C. The number of halogens is 3. The van der Waals surface area contributed by atoms with E-state index >= 15 is 0 Å². The van der Waals surface area contributed by atoms with Crippen molar-refractivity contribution in [2.24, 2.45) is 11.8 Å². The third kappa shape index (κ3) is 9.42. The Bertz CT molecular complexity index is 2880. The van der Waals surface area contributed by atoms with Crippen LogP contribution in [0.1, 0.15) is 119 Å². The second kappa shape index (κ2) is 19.0. The van der Waals surface area contributed by atoms with E-state index in [4.69, 9.17) is 19.7 Å². The molecule has 3 aromatic heterocycles. The molecule has 3 fully saturated rings. The highest BCUT2D eigenvalue weighted by Crippen LogP contribution is 2.50. The number of thiazole rings is 1. The van der Waals surface area contributed by atoms with Crippen molar-refractivity contribution >= 4 is 62.4 Å². The first-order valence-corrected chi connectivity index (χ1v) is 24.2. The number of imidazole rings is 2. The number of alkyl carbamates (subject to hydrolysis) is 1. The molecule has 3 saturated heterocycles. The van der Waals surface area contributed by atoms with Crippen molar-refractivity contribution in [1.82, 2.24) is 45.4 Å². The van der Waals surface area contributed by atoms with Crippen LogP contribution in [-0.2, 0) is 20.5 Å². The number of ether oxygens (including phenoxy) is 1. The fourth-order valence-electron chi connectivity index (χ4n) is 10.2. The van der Waals surface area contributed by atoms with Crippen molar-refractivity contribution in [2.45, 2.75) is 109 Å². The number of likely N-dealkylation sites (tertiary alicyclic amines) is 2. The smallest absolute Gasteiger partial charge is 0.416 e. The molecule has 5 N–H and O–H groups in total. The predicted molar refractivity (Wildman–Crippen MR) is 253 cm³/mol. The molecule has 6 heterocycles. The Balaban J connectivity index is 1.03. The molecule has 0 saturated carbocycles. The number of alkyl halides is 3. The summed E-state index contributed by atoms with van der Waals surface area (Å²) in [4.78, 5) is 78.9. The van der Waals surface area contributed by atoms with Crippen LogP contribution >= 0.6 is 11.3 Å². The molecule has 9 rings (SSSR count). The topological polar surface area (TPSA) is 202 Å². The van der Waals surface area contributed by atoms with E-state index in [2.05, 4.69) is 49.8 Å². The first-order valence-electron chi connectivity index (χ1n) is 23.3. The van der Waals surface area contributed by atoms with Crippen molar-refractivity contribution in [3.8, 4) is 10.6 Å². The van der Waals surface area contributed by atoms with Gasteiger partial charge in [0.2, 0.25) is 11.8 Å². The van der Waals surface area contributed by atoms with Gasteiger partial charge < -0.3 is 45.1 Å². The maximum Gasteiger partial charge on any atom is 0.416 e. The molecular weight excluding hydrogens is 914 g/mol. The van der Waals surface area contributed by atoms with E-state index in [1.54, 1.807) is 16.0 Å². The van der Waals surface area contributed by atoms with Crippen LogP contribution in [0, 0.1) is 11.8 Å². The van der Waals surface area contributed by atoms with Gasteiger partial charge in [0.1, 0.15) is 33.7 Å². The molecule has 0 spiro atoms. The number of fused-ring (bicyclic) bond motifs is 2. The lowest BCUT2D eigenvalue weighted by Gasteiger charge is -2.31. The Hall–Kier alpha value is -6.70. The molecule has 3 aromatic carbocycles. The minimum Gasteiger partial charge on any atom is -0.465 e. The number of carbonyl (C=O) groups is 4. The van der Waals surface area contributed by atoms with Gasteiger partial charge in [-0.1, -0.05) is 63.3 Å². The number of nitrogens with one attached hydrogen (secondary N) is 4. The number of H-pyrrole nitrogens is 2. The first kappa shape index (κ1) is 47.4. The standard InChI is InChI=1S/C49H55F3N10O6S/c1-25(2)40(58-47(65)66)45(63)60-20-6-8-37(60)42-54-31-16-12-28(22-33(31)56-42)35-18-19-36(62(35)39-24-53-44(69-39)27-10-14-30(15-11-27)49(50,51)52)29-13-17-32-34(23-29)57-43(55-32)38-9-7-21-61(38)46(64)41(26(3)4)59-48(67)68-5/h10-17,22-26,35-38,40-41,58H,6-9,18-21H2,1-5H3,(H,54,56)(H,55,57)(H,59,67)(H,65,66)/t35-,36-,37+,38+,40+,41+/m1/s1. The van der Waals surface area contributed by atoms with E-state index in [0.29, 0.717) is 48.2 Å². The van der Waals surface area contributed by atoms with Gasteiger partial charge in [-0.2, -0.15) is 13.2 Å². The maximum absolute atomic E-state index is 13.9. The van der Waals surface area contributed by atoms with Gasteiger partial charge in [0.05, 0.1) is 65.1 Å². The number of carboxylic acid groups (broad SMARTS) is 1. The lowest BCUT2D eigenvalue weighted by Crippen LogP contribution is -2.51. The summed E-state index contributed by atoms with van der Waals surface area (Å²) < 4.78 is 45.3. The molecule has 20 heteroatoms. The van der Waals surface area contributed by atoms with E-state index in [1.165, 1.54) is 30.6 Å². The van der Waals surface area contributed by atoms with Gasteiger partial charge in [0.25, 0.3) is 0 Å². The van der Waals surface area contributed by atoms with Gasteiger partial charge in [-0.3, -0.25) is 9.59 Å². The molecular formula is C49H55F3N10O6S. The predicted octanol–water partition coefficient (Wildman–Crippen LogP) is 9.66. The van der Waals surface area contributed by atoms with Crippen LogP contribution in [0.5, 0.6) is 0 Å². The number of benzene rings is 3. The van der Waals surface area contributed by atoms with Crippen LogP contribution in [-0.4, -0.2) is 96.1 Å². The maximum atomic E-state index is 13.9. The Morgan fingerprint density at radius 1 is 0.739 bits per heavy atom. The van der Waals surface area contributed by atoms with Crippen LogP contribution in [0.4, 0.5) is 27.8 Å². The third-order valence-corrected chi connectivity index (χ3v) is 14.8. The molecule has 364 valence electrons. The van der Waals surface area contributed by atoms with E-state index < -0.39 is 36.0 Å². The Morgan fingerprint density at radius 2 is 1.30 bits per heavy atom. The minimum absolute atomic E-state index is 0.151. The lowest BCUT2D eigenvalue weighted by atomic mass is 10.0. The molecule has 4 amide bonds. The number of aromatic nitrogens is 5. The molecule has 6 aromatic rings. The van der Waals surface area contributed by atoms with Gasteiger partial charge >= 0.3 is 18.4 Å². The number of methoxy groups -OCH3 is 1. The van der Waals surface area contributed by atoms with Crippen LogP contribution in [0.3, 0.4) is 0 Å². The van der Waals surface area contributed by atoms with E-state index in [-0.39, 0.29) is 47.8 Å². The molecule has 16 nitrogen and oxygen atoms in total. The van der Waals surface area contributed by atoms with Gasteiger partial charge in [-0.25, -0.2) is 24.5 Å². The van der Waals surface area contributed by atoms with Gasteiger partial charge in [0, 0.05) is 18.7 Å². The van der Waals surface area contributed by atoms with Crippen LogP contribution in [0.2, 0.25) is 0 Å². The average molecular weight is 969 g/mol. The summed E-state index contributed by atoms with van der Waals surface area (Å²) in [5.41, 5.74) is 4.90. The largest absolute Gasteiger partial charge is 0.465 e. The molecule has 3 aliphatic rings. The highest BCUT2D eigenvalue weighted by Gasteiger charge is 2.41. The Labute approximate surface area is 400 Å². The monoisotopic (exact) mass is 968 g/mol. The lowest BCUT2D eigenvalue weighted by molar-refractivity contribution is -0.138. The molecule has 6 atom stereocenters. The second-order valence-corrected chi connectivity index (χ2v) is 19.8. The van der Waals surface area contributed by atoms with E-state index in [9.17, 15) is 37.5 Å². The second-order valence-electron chi connectivity index (χ2n) is 18.8. The summed E-state index contributed by atoms with van der Waals surface area (Å²) in [5, 5.41) is 16.0. The molecule has 0 radical (unpaired) electrons. The number of hydrogen-bond acceptors (Lipinski definition) is 10. The zero-order valence-corrected chi connectivity index (χ0v) is 39.7. The number of aromatic amines is 2. The number of hydrogen-bond donors (Lipinski definition) is 5. The Morgan fingerprint density at radius 3 is 1.88 bits per heavy atom. The highest BCUT2D eigenvalue weighted by atomic mass is 32.1. The summed E-state index contributed by atoms with van der Waals surface area (Å²) >= 11 is 1.41.